The Balaban J connectivity index is 2.49. The Kier molecular flexibility index (Phi) is 8.07. The van der Waals surface area contributed by atoms with Gasteiger partial charge in [0, 0.05) is 12.6 Å². The molecule has 1 aromatic rings. The molecule has 1 aromatic carbocycles. The largest absolute Gasteiger partial charge is 0.493 e. The van der Waals surface area contributed by atoms with Crippen molar-refractivity contribution >= 4 is 0 Å². The number of hydrogen-bond acceptors (Lipinski definition) is 4. The number of nitrogens with one attached hydrogen (secondary N) is 1. The fraction of sp³-hybridized carbons (Fsp3) is 0.625. The first-order valence-electron chi connectivity index (χ1n) is 7.28. The van der Waals surface area contributed by atoms with Crippen LogP contribution in [0.5, 0.6) is 11.5 Å². The van der Waals surface area contributed by atoms with Gasteiger partial charge in [0.2, 0.25) is 0 Å². The highest BCUT2D eigenvalue weighted by atomic mass is 16.5. The average Bonchev–Trinajstić information content (AvgIpc) is 2.50. The van der Waals surface area contributed by atoms with Crippen LogP contribution in [0.25, 0.3) is 0 Å². The number of rotatable bonds is 10. The Labute approximate surface area is 122 Å². The van der Waals surface area contributed by atoms with Crippen LogP contribution in [0.2, 0.25) is 0 Å². The molecule has 0 heterocycles. The number of unbranched alkanes of at least 4 members (excludes halogenated alkanes) is 1. The Morgan fingerprint density at radius 2 is 1.95 bits per heavy atom. The molecule has 0 fully saturated rings. The van der Waals surface area contributed by atoms with Crippen LogP contribution in [0.3, 0.4) is 0 Å². The van der Waals surface area contributed by atoms with Gasteiger partial charge < -0.3 is 19.5 Å². The average molecular weight is 281 g/mol. The fourth-order valence-electron chi connectivity index (χ4n) is 1.80. The molecule has 0 radical (unpaired) electrons. The summed E-state index contributed by atoms with van der Waals surface area (Å²) in [4.78, 5) is 0. The first-order valence-corrected chi connectivity index (χ1v) is 7.28. The summed E-state index contributed by atoms with van der Waals surface area (Å²) in [5.41, 5.74) is 1.18. The summed E-state index contributed by atoms with van der Waals surface area (Å²) in [5.74, 6) is 1.52. The standard InChI is InChI=1S/C16H27NO3/c1-5-6-9-19-10-11-20-15-8-7-14(13(2)17-3)12-16(15)18-4/h7-8,12-13,17H,5-6,9-11H2,1-4H3. The van der Waals surface area contributed by atoms with Crippen molar-refractivity contribution in [3.8, 4) is 11.5 Å². The van der Waals surface area contributed by atoms with E-state index in [1.54, 1.807) is 7.11 Å². The quantitative estimate of drug-likeness (QED) is 0.669. The summed E-state index contributed by atoms with van der Waals surface area (Å²) in [6.45, 7) is 6.21. The van der Waals surface area contributed by atoms with Gasteiger partial charge in [-0.2, -0.15) is 0 Å². The lowest BCUT2D eigenvalue weighted by Gasteiger charge is -2.15. The van der Waals surface area contributed by atoms with Gasteiger partial charge in [-0.3, -0.25) is 0 Å². The summed E-state index contributed by atoms with van der Waals surface area (Å²) in [7, 11) is 3.60. The van der Waals surface area contributed by atoms with Gasteiger partial charge in [-0.05, 0) is 38.1 Å². The van der Waals surface area contributed by atoms with E-state index >= 15 is 0 Å². The highest BCUT2D eigenvalue weighted by molar-refractivity contribution is 5.43. The Bertz CT molecular complexity index is 382. The maximum Gasteiger partial charge on any atom is 0.161 e. The van der Waals surface area contributed by atoms with Gasteiger partial charge in [-0.15, -0.1) is 0 Å². The van der Waals surface area contributed by atoms with Crippen LogP contribution in [0.15, 0.2) is 18.2 Å². The number of hydrogen-bond donors (Lipinski definition) is 1. The number of methoxy groups -OCH3 is 1. The lowest BCUT2D eigenvalue weighted by atomic mass is 10.1. The van der Waals surface area contributed by atoms with E-state index in [2.05, 4.69) is 25.2 Å². The zero-order valence-corrected chi connectivity index (χ0v) is 13.1. The van der Waals surface area contributed by atoms with Crippen molar-refractivity contribution in [3.63, 3.8) is 0 Å². The maximum atomic E-state index is 5.71. The van der Waals surface area contributed by atoms with Crippen LogP contribution >= 0.6 is 0 Å². The molecule has 0 spiro atoms. The van der Waals surface area contributed by atoms with Crippen LogP contribution in [0, 0.1) is 0 Å². The smallest absolute Gasteiger partial charge is 0.161 e. The maximum absolute atomic E-state index is 5.71. The third-order valence-electron chi connectivity index (χ3n) is 3.25. The van der Waals surface area contributed by atoms with Crippen molar-refractivity contribution in [1.29, 1.82) is 0 Å². The summed E-state index contributed by atoms with van der Waals surface area (Å²) in [6, 6.07) is 6.30. The van der Waals surface area contributed by atoms with Gasteiger partial charge in [0.1, 0.15) is 6.61 Å². The van der Waals surface area contributed by atoms with E-state index in [4.69, 9.17) is 14.2 Å². The Morgan fingerprint density at radius 1 is 1.15 bits per heavy atom. The van der Waals surface area contributed by atoms with E-state index in [0.29, 0.717) is 13.2 Å². The van der Waals surface area contributed by atoms with Crippen molar-refractivity contribution in [2.75, 3.05) is 34.0 Å². The van der Waals surface area contributed by atoms with Crippen LogP contribution in [-0.4, -0.2) is 34.0 Å². The second kappa shape index (κ2) is 9.61. The molecule has 1 rings (SSSR count). The van der Waals surface area contributed by atoms with Crippen molar-refractivity contribution in [2.24, 2.45) is 0 Å². The van der Waals surface area contributed by atoms with Crippen molar-refractivity contribution in [3.05, 3.63) is 23.8 Å². The molecule has 4 nitrogen and oxygen atoms in total. The molecule has 0 amide bonds. The highest BCUT2D eigenvalue weighted by Crippen LogP contribution is 2.30. The number of ether oxygens (including phenoxy) is 3. The van der Waals surface area contributed by atoms with E-state index in [9.17, 15) is 0 Å². The fourth-order valence-corrected chi connectivity index (χ4v) is 1.80. The summed E-state index contributed by atoms with van der Waals surface area (Å²) in [6.07, 6.45) is 2.25. The van der Waals surface area contributed by atoms with Gasteiger partial charge in [-0.1, -0.05) is 19.4 Å². The van der Waals surface area contributed by atoms with E-state index in [1.165, 1.54) is 5.56 Å². The third kappa shape index (κ3) is 5.39. The molecule has 4 heteroatoms. The minimum Gasteiger partial charge on any atom is -0.493 e. The Hall–Kier alpha value is -1.26. The third-order valence-corrected chi connectivity index (χ3v) is 3.25. The van der Waals surface area contributed by atoms with Crippen LogP contribution in [0.4, 0.5) is 0 Å². The summed E-state index contributed by atoms with van der Waals surface area (Å²) >= 11 is 0. The van der Waals surface area contributed by atoms with Crippen LogP contribution in [0.1, 0.15) is 38.3 Å². The summed E-state index contributed by atoms with van der Waals surface area (Å²) < 4.78 is 16.6. The zero-order valence-electron chi connectivity index (χ0n) is 13.1. The highest BCUT2D eigenvalue weighted by Gasteiger charge is 2.09. The molecular formula is C16H27NO3. The number of benzene rings is 1. The molecular weight excluding hydrogens is 254 g/mol. The SMILES string of the molecule is CCCCOCCOc1ccc(C(C)NC)cc1OC. The second-order valence-electron chi connectivity index (χ2n) is 4.74. The molecule has 0 saturated heterocycles. The van der Waals surface area contributed by atoms with E-state index < -0.39 is 0 Å². The monoisotopic (exact) mass is 281 g/mol. The predicted molar refractivity (Wildman–Crippen MR) is 81.7 cm³/mol. The first kappa shape index (κ1) is 16.8. The molecule has 20 heavy (non-hydrogen) atoms. The predicted octanol–water partition coefficient (Wildman–Crippen LogP) is 3.17. The molecule has 0 aromatic heterocycles. The van der Waals surface area contributed by atoms with E-state index in [1.807, 2.05) is 19.2 Å². The minimum atomic E-state index is 0.287. The first-order chi connectivity index (χ1) is 9.72. The molecule has 0 aliphatic heterocycles. The van der Waals surface area contributed by atoms with Gasteiger partial charge in [-0.25, -0.2) is 0 Å². The zero-order chi connectivity index (χ0) is 14.8. The minimum absolute atomic E-state index is 0.287. The lowest BCUT2D eigenvalue weighted by molar-refractivity contribution is 0.0970. The van der Waals surface area contributed by atoms with E-state index in [0.717, 1.165) is 30.9 Å². The van der Waals surface area contributed by atoms with Gasteiger partial charge in [0.25, 0.3) is 0 Å². The van der Waals surface area contributed by atoms with Crippen molar-refractivity contribution in [2.45, 2.75) is 32.7 Å². The Morgan fingerprint density at radius 3 is 2.60 bits per heavy atom. The molecule has 1 atom stereocenters. The topological polar surface area (TPSA) is 39.7 Å². The molecule has 1 unspecified atom stereocenters. The lowest BCUT2D eigenvalue weighted by Crippen LogP contribution is -2.12. The van der Waals surface area contributed by atoms with E-state index in [-0.39, 0.29) is 6.04 Å². The van der Waals surface area contributed by atoms with Gasteiger partial charge in [0.05, 0.1) is 13.7 Å². The molecule has 1 N–H and O–H groups in total. The van der Waals surface area contributed by atoms with Crippen molar-refractivity contribution < 1.29 is 14.2 Å². The summed E-state index contributed by atoms with van der Waals surface area (Å²) in [5, 5.41) is 3.21. The van der Waals surface area contributed by atoms with Crippen LogP contribution < -0.4 is 14.8 Å². The molecule has 0 saturated carbocycles. The second-order valence-corrected chi connectivity index (χ2v) is 4.74. The van der Waals surface area contributed by atoms with Crippen molar-refractivity contribution in [1.82, 2.24) is 5.32 Å². The van der Waals surface area contributed by atoms with Gasteiger partial charge in [0.15, 0.2) is 11.5 Å². The normalized spacial score (nSPS) is 12.2. The van der Waals surface area contributed by atoms with Crippen LogP contribution in [-0.2, 0) is 4.74 Å². The van der Waals surface area contributed by atoms with Gasteiger partial charge >= 0.3 is 0 Å². The molecule has 0 aliphatic carbocycles. The molecule has 0 bridgehead atoms. The molecule has 0 aliphatic rings. The molecule has 114 valence electrons.